The quantitative estimate of drug-likeness (QED) is 0.532. The molecule has 0 saturated heterocycles. The maximum Gasteiger partial charge on any atom is 0.250 e. The normalized spacial score (nSPS) is 10.6. The van der Waals surface area contributed by atoms with Gasteiger partial charge in [-0.05, 0) is 18.6 Å². The van der Waals surface area contributed by atoms with Crippen LogP contribution in [0.4, 0.5) is 11.4 Å². The molecule has 4 N–H and O–H groups in total. The Labute approximate surface area is 129 Å². The summed E-state index contributed by atoms with van der Waals surface area (Å²) < 4.78 is 10.2. The number of benzene rings is 1. The highest BCUT2D eigenvalue weighted by Gasteiger charge is 2.19. The van der Waals surface area contributed by atoms with Gasteiger partial charge in [0.05, 0.1) is 22.9 Å². The minimum atomic E-state index is -0.562. The average molecular weight is 316 g/mol. The van der Waals surface area contributed by atoms with E-state index in [1.165, 1.54) is 0 Å². The Morgan fingerprint density at radius 1 is 1.24 bits per heavy atom. The Morgan fingerprint density at radius 2 is 1.90 bits per heavy atom. The largest absolute Gasteiger partial charge is 0.399 e. The van der Waals surface area contributed by atoms with Crippen molar-refractivity contribution in [2.45, 2.75) is 6.42 Å². The molecule has 0 saturated carbocycles. The van der Waals surface area contributed by atoms with Crippen LogP contribution in [-0.2, 0) is 9.47 Å². The Hall–Kier alpha value is -1.50. The topological polar surface area (TPSA) is 90.8 Å². The summed E-state index contributed by atoms with van der Waals surface area (Å²) in [7, 11) is 3.26. The molecule has 0 aromatic heterocycles. The van der Waals surface area contributed by atoms with E-state index >= 15 is 0 Å². The molecular weight excluding hydrogens is 294 g/mol. The highest BCUT2D eigenvalue weighted by Crippen LogP contribution is 2.32. The molecule has 6 nitrogen and oxygen atoms in total. The van der Waals surface area contributed by atoms with Gasteiger partial charge >= 0.3 is 0 Å². The van der Waals surface area contributed by atoms with Crippen molar-refractivity contribution in [1.29, 1.82) is 0 Å². The van der Waals surface area contributed by atoms with Crippen LogP contribution in [0.25, 0.3) is 0 Å². The van der Waals surface area contributed by atoms with E-state index in [-0.39, 0.29) is 0 Å². The van der Waals surface area contributed by atoms with Crippen molar-refractivity contribution in [2.75, 3.05) is 51.2 Å². The van der Waals surface area contributed by atoms with Gasteiger partial charge in [0.2, 0.25) is 0 Å². The Morgan fingerprint density at radius 3 is 2.48 bits per heavy atom. The first-order valence-electron chi connectivity index (χ1n) is 6.63. The number of rotatable bonds is 9. The lowest BCUT2D eigenvalue weighted by Crippen LogP contribution is -2.31. The van der Waals surface area contributed by atoms with Gasteiger partial charge in [-0.25, -0.2) is 0 Å². The number of nitrogen functional groups attached to an aromatic ring is 1. The van der Waals surface area contributed by atoms with Crippen LogP contribution in [0.15, 0.2) is 12.1 Å². The fourth-order valence-electron chi connectivity index (χ4n) is 2.07. The number of nitrogens with two attached hydrogens (primary N) is 2. The summed E-state index contributed by atoms with van der Waals surface area (Å²) in [6, 6.07) is 3.15. The number of hydrogen-bond acceptors (Lipinski definition) is 5. The van der Waals surface area contributed by atoms with E-state index in [1.807, 2.05) is 4.90 Å². The van der Waals surface area contributed by atoms with E-state index in [2.05, 4.69) is 0 Å². The molecule has 21 heavy (non-hydrogen) atoms. The second-order valence-electron chi connectivity index (χ2n) is 4.59. The predicted molar refractivity (Wildman–Crippen MR) is 85.0 cm³/mol. The van der Waals surface area contributed by atoms with E-state index in [0.717, 1.165) is 6.42 Å². The molecule has 1 rings (SSSR count). The van der Waals surface area contributed by atoms with E-state index in [0.29, 0.717) is 48.3 Å². The monoisotopic (exact) mass is 315 g/mol. The number of methoxy groups -OCH3 is 2. The number of carbonyl (C=O) groups is 1. The first-order chi connectivity index (χ1) is 10.0. The molecule has 0 aliphatic rings. The van der Waals surface area contributed by atoms with E-state index in [4.69, 9.17) is 32.5 Å². The Bertz CT molecular complexity index is 483. The summed E-state index contributed by atoms with van der Waals surface area (Å²) in [5, 5.41) is 0.400. The lowest BCUT2D eigenvalue weighted by atomic mass is 10.1. The van der Waals surface area contributed by atoms with Gasteiger partial charge in [0.25, 0.3) is 5.91 Å². The number of amides is 1. The van der Waals surface area contributed by atoms with Gasteiger partial charge in [0, 0.05) is 39.6 Å². The zero-order valence-electron chi connectivity index (χ0n) is 12.4. The third-order valence-corrected chi connectivity index (χ3v) is 3.30. The third kappa shape index (κ3) is 5.08. The van der Waals surface area contributed by atoms with E-state index in [9.17, 15) is 4.79 Å². The minimum Gasteiger partial charge on any atom is -0.399 e. The smallest absolute Gasteiger partial charge is 0.250 e. The average Bonchev–Trinajstić information content (AvgIpc) is 2.42. The van der Waals surface area contributed by atoms with Crippen molar-refractivity contribution < 1.29 is 14.3 Å². The van der Waals surface area contributed by atoms with Crippen LogP contribution < -0.4 is 16.4 Å². The fourth-order valence-corrected chi connectivity index (χ4v) is 2.41. The van der Waals surface area contributed by atoms with Crippen LogP contribution in [0, 0.1) is 0 Å². The molecule has 118 valence electrons. The molecule has 0 unspecified atom stereocenters. The zero-order valence-corrected chi connectivity index (χ0v) is 13.2. The molecule has 1 aromatic rings. The van der Waals surface area contributed by atoms with Crippen molar-refractivity contribution >= 4 is 28.9 Å². The summed E-state index contributed by atoms with van der Waals surface area (Å²) in [6.45, 7) is 2.37. The van der Waals surface area contributed by atoms with Gasteiger partial charge in [0.1, 0.15) is 0 Å². The lowest BCUT2D eigenvalue weighted by molar-refractivity contribution is 0.100. The SMILES string of the molecule is COCCCN(CCOC)c1c(Cl)cc(N)cc1C(N)=O. The molecule has 7 heteroatoms. The first kappa shape index (κ1) is 17.6. The first-order valence-corrected chi connectivity index (χ1v) is 7.00. The van der Waals surface area contributed by atoms with Gasteiger partial charge in [-0.2, -0.15) is 0 Å². The van der Waals surface area contributed by atoms with Crippen LogP contribution in [0.3, 0.4) is 0 Å². The summed E-state index contributed by atoms with van der Waals surface area (Å²) >= 11 is 6.26. The molecule has 0 bridgehead atoms. The highest BCUT2D eigenvalue weighted by atomic mass is 35.5. The van der Waals surface area contributed by atoms with Crippen LogP contribution >= 0.6 is 11.6 Å². The van der Waals surface area contributed by atoms with Crippen LogP contribution in [-0.4, -0.2) is 46.4 Å². The van der Waals surface area contributed by atoms with Crippen molar-refractivity contribution in [3.05, 3.63) is 22.7 Å². The third-order valence-electron chi connectivity index (χ3n) is 3.01. The number of primary amides is 1. The maximum absolute atomic E-state index is 11.7. The zero-order chi connectivity index (χ0) is 15.8. The van der Waals surface area contributed by atoms with Crippen LogP contribution in [0.5, 0.6) is 0 Å². The Balaban J connectivity index is 3.12. The lowest BCUT2D eigenvalue weighted by Gasteiger charge is -2.27. The molecule has 0 aliphatic carbocycles. The molecule has 0 atom stereocenters. The van der Waals surface area contributed by atoms with Crippen molar-refractivity contribution in [3.8, 4) is 0 Å². The summed E-state index contributed by atoms with van der Waals surface area (Å²) in [6.07, 6.45) is 0.791. The van der Waals surface area contributed by atoms with Crippen molar-refractivity contribution in [1.82, 2.24) is 0 Å². The van der Waals surface area contributed by atoms with E-state index < -0.39 is 5.91 Å². The second-order valence-corrected chi connectivity index (χ2v) is 5.00. The highest BCUT2D eigenvalue weighted by molar-refractivity contribution is 6.34. The number of nitrogens with zero attached hydrogens (tertiary/aromatic N) is 1. The van der Waals surface area contributed by atoms with E-state index in [1.54, 1.807) is 26.4 Å². The predicted octanol–water partition coefficient (Wildman–Crippen LogP) is 1.51. The number of anilines is 2. The number of halogens is 1. The minimum absolute atomic E-state index is 0.313. The molecule has 0 aliphatic heterocycles. The maximum atomic E-state index is 11.7. The molecular formula is C14H22ClN3O3. The van der Waals surface area contributed by atoms with Gasteiger partial charge < -0.3 is 25.8 Å². The number of ether oxygens (including phenoxy) is 2. The molecule has 0 heterocycles. The molecule has 0 radical (unpaired) electrons. The number of hydrogen-bond donors (Lipinski definition) is 2. The fraction of sp³-hybridized carbons (Fsp3) is 0.500. The summed E-state index contributed by atoms with van der Waals surface area (Å²) in [4.78, 5) is 13.6. The summed E-state index contributed by atoms with van der Waals surface area (Å²) in [5.41, 5.74) is 12.5. The van der Waals surface area contributed by atoms with Gasteiger partial charge in [-0.15, -0.1) is 0 Å². The number of carbonyl (C=O) groups excluding carboxylic acids is 1. The second kappa shape index (κ2) is 8.71. The van der Waals surface area contributed by atoms with Crippen molar-refractivity contribution in [3.63, 3.8) is 0 Å². The standard InChI is InChI=1S/C14H22ClN3O3/c1-20-6-3-4-18(5-7-21-2)13-11(14(17)19)8-10(16)9-12(13)15/h8-9H,3-7,16H2,1-2H3,(H2,17,19). The van der Waals surface area contributed by atoms with Crippen LogP contribution in [0.2, 0.25) is 5.02 Å². The Kier molecular flexibility index (Phi) is 7.28. The molecule has 1 amide bonds. The molecule has 0 spiro atoms. The van der Waals surface area contributed by atoms with Gasteiger partial charge in [-0.3, -0.25) is 4.79 Å². The molecule has 0 fully saturated rings. The van der Waals surface area contributed by atoms with Crippen molar-refractivity contribution in [2.24, 2.45) is 5.73 Å². The molecule has 1 aromatic carbocycles. The van der Waals surface area contributed by atoms with Gasteiger partial charge in [0.15, 0.2) is 0 Å². The van der Waals surface area contributed by atoms with Gasteiger partial charge in [-0.1, -0.05) is 11.6 Å². The van der Waals surface area contributed by atoms with Crippen LogP contribution in [0.1, 0.15) is 16.8 Å². The summed E-state index contributed by atoms with van der Waals surface area (Å²) in [5.74, 6) is -0.562.